The van der Waals surface area contributed by atoms with E-state index in [0.717, 1.165) is 57.5 Å². The Kier molecular flexibility index (Phi) is 5.97. The number of carbonyl (C=O) groups excluding carboxylic acids is 1. The molecule has 0 spiro atoms. The van der Waals surface area contributed by atoms with Gasteiger partial charge in [0, 0.05) is 44.5 Å². The molecule has 1 aromatic carbocycles. The third-order valence-corrected chi connectivity index (χ3v) is 5.62. The number of fused-ring (bicyclic) bond motifs is 1. The molecule has 2 heterocycles. The van der Waals surface area contributed by atoms with Crippen LogP contribution in [0.3, 0.4) is 0 Å². The molecule has 1 saturated heterocycles. The number of aliphatic hydroxyl groups is 1. The highest BCUT2D eigenvalue weighted by Crippen LogP contribution is 2.32. The summed E-state index contributed by atoms with van der Waals surface area (Å²) in [6, 6.07) is 8.76. The number of para-hydroxylation sites is 1. The molecule has 1 aromatic rings. The average molecular weight is 345 g/mol. The van der Waals surface area contributed by atoms with Gasteiger partial charge in [0.25, 0.3) is 0 Å². The number of aryl methyl sites for hydroxylation is 1. The van der Waals surface area contributed by atoms with Gasteiger partial charge in [0.15, 0.2) is 0 Å². The molecule has 1 fully saturated rings. The third kappa shape index (κ3) is 3.98. The molecular weight excluding hydrogens is 314 g/mol. The molecule has 2 aliphatic heterocycles. The summed E-state index contributed by atoms with van der Waals surface area (Å²) in [4.78, 5) is 19.5. The largest absolute Gasteiger partial charge is 0.392 e. The number of anilines is 1. The molecule has 25 heavy (non-hydrogen) atoms. The number of piperazine rings is 1. The molecule has 2 aliphatic rings. The van der Waals surface area contributed by atoms with Crippen LogP contribution in [-0.2, 0) is 6.42 Å². The van der Waals surface area contributed by atoms with Gasteiger partial charge in [-0.25, -0.2) is 4.79 Å². The van der Waals surface area contributed by atoms with Crippen LogP contribution >= 0.6 is 0 Å². The van der Waals surface area contributed by atoms with E-state index in [-0.39, 0.29) is 12.1 Å². The second-order valence-corrected chi connectivity index (χ2v) is 7.23. The van der Waals surface area contributed by atoms with Crippen molar-refractivity contribution in [3.8, 4) is 0 Å². The molecule has 0 bridgehead atoms. The normalized spacial score (nSPS) is 22.6. The summed E-state index contributed by atoms with van der Waals surface area (Å²) in [7, 11) is 0. The van der Waals surface area contributed by atoms with Crippen molar-refractivity contribution in [3.05, 3.63) is 29.8 Å². The second kappa shape index (κ2) is 8.19. The molecule has 138 valence electrons. The van der Waals surface area contributed by atoms with E-state index in [1.54, 1.807) is 0 Å². The molecule has 3 rings (SSSR count). The first kappa shape index (κ1) is 18.2. The molecule has 5 heteroatoms. The molecule has 0 saturated carbocycles. The van der Waals surface area contributed by atoms with Crippen LogP contribution in [0, 0.1) is 0 Å². The summed E-state index contributed by atoms with van der Waals surface area (Å²) in [5.41, 5.74) is 2.37. The molecule has 0 radical (unpaired) electrons. The monoisotopic (exact) mass is 345 g/mol. The van der Waals surface area contributed by atoms with Crippen LogP contribution in [0.1, 0.15) is 38.7 Å². The van der Waals surface area contributed by atoms with Gasteiger partial charge in [-0.15, -0.1) is 0 Å². The number of urea groups is 1. The Hall–Kier alpha value is -1.59. The van der Waals surface area contributed by atoms with E-state index >= 15 is 0 Å². The Morgan fingerprint density at radius 2 is 1.92 bits per heavy atom. The van der Waals surface area contributed by atoms with Crippen LogP contribution < -0.4 is 4.90 Å². The van der Waals surface area contributed by atoms with Gasteiger partial charge in [0.2, 0.25) is 0 Å². The van der Waals surface area contributed by atoms with Crippen molar-refractivity contribution in [1.29, 1.82) is 0 Å². The zero-order valence-corrected chi connectivity index (χ0v) is 15.5. The predicted molar refractivity (Wildman–Crippen MR) is 101 cm³/mol. The number of rotatable bonds is 4. The van der Waals surface area contributed by atoms with Crippen LogP contribution in [0.25, 0.3) is 0 Å². The van der Waals surface area contributed by atoms with Gasteiger partial charge in [-0.3, -0.25) is 9.80 Å². The number of hydrogen-bond acceptors (Lipinski definition) is 3. The van der Waals surface area contributed by atoms with Crippen molar-refractivity contribution < 1.29 is 9.90 Å². The van der Waals surface area contributed by atoms with Crippen LogP contribution in [0.2, 0.25) is 0 Å². The number of aliphatic hydroxyl groups excluding tert-OH is 1. The van der Waals surface area contributed by atoms with Crippen LogP contribution in [0.15, 0.2) is 24.3 Å². The summed E-state index contributed by atoms with van der Waals surface area (Å²) >= 11 is 0. The summed E-state index contributed by atoms with van der Waals surface area (Å²) in [5, 5.41) is 9.83. The first-order valence-corrected chi connectivity index (χ1v) is 9.70. The number of carbonyl (C=O) groups is 1. The number of amides is 2. The Morgan fingerprint density at radius 3 is 2.60 bits per heavy atom. The Balaban J connectivity index is 1.68. The second-order valence-electron chi connectivity index (χ2n) is 7.23. The van der Waals surface area contributed by atoms with Gasteiger partial charge in [0.05, 0.1) is 6.10 Å². The smallest absolute Gasteiger partial charge is 0.324 e. The van der Waals surface area contributed by atoms with Crippen molar-refractivity contribution >= 4 is 11.7 Å². The van der Waals surface area contributed by atoms with E-state index in [2.05, 4.69) is 30.0 Å². The van der Waals surface area contributed by atoms with Gasteiger partial charge in [0.1, 0.15) is 0 Å². The summed E-state index contributed by atoms with van der Waals surface area (Å²) in [5.74, 6) is 0. The highest BCUT2D eigenvalue weighted by molar-refractivity contribution is 5.94. The minimum absolute atomic E-state index is 0.148. The third-order valence-electron chi connectivity index (χ3n) is 5.62. The Labute approximate surface area is 151 Å². The van der Waals surface area contributed by atoms with Crippen LogP contribution in [0.4, 0.5) is 10.5 Å². The topological polar surface area (TPSA) is 47.0 Å². The minimum Gasteiger partial charge on any atom is -0.392 e. The van der Waals surface area contributed by atoms with E-state index in [9.17, 15) is 9.90 Å². The number of benzene rings is 1. The Bertz CT molecular complexity index is 584. The fourth-order valence-corrected chi connectivity index (χ4v) is 3.95. The standard InChI is InChI=1S/C20H31N3O2/c1-3-17-10-9-16-7-5-6-8-19(16)23(17)20(25)22-13-11-21(12-14-22)15-18(24)4-2/h5-8,17-18,24H,3-4,9-15H2,1-2H3/t17-,18+/m0/s1. The maximum Gasteiger partial charge on any atom is 0.324 e. The first-order chi connectivity index (χ1) is 12.1. The number of nitrogens with zero attached hydrogens (tertiary/aromatic N) is 3. The van der Waals surface area contributed by atoms with Crippen molar-refractivity contribution in [3.63, 3.8) is 0 Å². The van der Waals surface area contributed by atoms with E-state index in [0.29, 0.717) is 12.6 Å². The van der Waals surface area contributed by atoms with Gasteiger partial charge >= 0.3 is 6.03 Å². The summed E-state index contributed by atoms with van der Waals surface area (Å²) in [6.07, 6.45) is 3.61. The summed E-state index contributed by atoms with van der Waals surface area (Å²) < 4.78 is 0. The van der Waals surface area contributed by atoms with E-state index in [4.69, 9.17) is 0 Å². The minimum atomic E-state index is -0.263. The van der Waals surface area contributed by atoms with Gasteiger partial charge < -0.3 is 10.0 Å². The molecule has 0 aliphatic carbocycles. The van der Waals surface area contributed by atoms with Crippen molar-refractivity contribution in [2.24, 2.45) is 0 Å². The van der Waals surface area contributed by atoms with Crippen molar-refractivity contribution in [2.45, 2.75) is 51.7 Å². The van der Waals surface area contributed by atoms with E-state index in [1.165, 1.54) is 5.56 Å². The molecule has 2 amide bonds. The average Bonchev–Trinajstić information content (AvgIpc) is 2.67. The maximum absolute atomic E-state index is 13.3. The SMILES string of the molecule is CC[C@@H](O)CN1CCN(C(=O)N2c3ccccc3CC[C@@H]2CC)CC1. The lowest BCUT2D eigenvalue weighted by Gasteiger charge is -2.42. The highest BCUT2D eigenvalue weighted by atomic mass is 16.3. The first-order valence-electron chi connectivity index (χ1n) is 9.70. The van der Waals surface area contributed by atoms with Crippen molar-refractivity contribution in [2.75, 3.05) is 37.6 Å². The fraction of sp³-hybridized carbons (Fsp3) is 0.650. The lowest BCUT2D eigenvalue weighted by molar-refractivity contribution is 0.0798. The van der Waals surface area contributed by atoms with Gasteiger partial charge in [-0.05, 0) is 37.3 Å². The molecule has 5 nitrogen and oxygen atoms in total. The highest BCUT2D eigenvalue weighted by Gasteiger charge is 2.33. The predicted octanol–water partition coefficient (Wildman–Crippen LogP) is 2.73. The number of β-amino-alcohol motifs (C(OH)–C–C–N with tert-alkyl or cyclic N) is 1. The molecule has 0 aromatic heterocycles. The van der Waals surface area contributed by atoms with Gasteiger partial charge in [-0.1, -0.05) is 32.0 Å². The molecule has 1 N–H and O–H groups in total. The van der Waals surface area contributed by atoms with Crippen LogP contribution in [0.5, 0.6) is 0 Å². The van der Waals surface area contributed by atoms with E-state index in [1.807, 2.05) is 22.8 Å². The molecule has 2 atom stereocenters. The number of hydrogen-bond donors (Lipinski definition) is 1. The van der Waals surface area contributed by atoms with Gasteiger partial charge in [-0.2, -0.15) is 0 Å². The zero-order chi connectivity index (χ0) is 17.8. The van der Waals surface area contributed by atoms with E-state index < -0.39 is 0 Å². The zero-order valence-electron chi connectivity index (χ0n) is 15.5. The molecule has 0 unspecified atom stereocenters. The lowest BCUT2D eigenvalue weighted by Crippen LogP contribution is -2.56. The van der Waals surface area contributed by atoms with Crippen LogP contribution in [-0.4, -0.2) is 65.8 Å². The summed E-state index contributed by atoms with van der Waals surface area (Å²) in [6.45, 7) is 8.05. The Morgan fingerprint density at radius 1 is 1.20 bits per heavy atom. The quantitative estimate of drug-likeness (QED) is 0.913. The van der Waals surface area contributed by atoms with Crippen molar-refractivity contribution in [1.82, 2.24) is 9.80 Å². The lowest BCUT2D eigenvalue weighted by atomic mass is 9.94. The fourth-order valence-electron chi connectivity index (χ4n) is 3.95. The maximum atomic E-state index is 13.3. The molecular formula is C20H31N3O2.